The van der Waals surface area contributed by atoms with Gasteiger partial charge in [-0.15, -0.1) is 0 Å². The van der Waals surface area contributed by atoms with Crippen LogP contribution in [0.25, 0.3) is 22.2 Å². The number of hydrogen-bond donors (Lipinski definition) is 4. The van der Waals surface area contributed by atoms with Crippen molar-refractivity contribution in [3.05, 3.63) is 41.8 Å². The summed E-state index contributed by atoms with van der Waals surface area (Å²) < 4.78 is 0. The van der Waals surface area contributed by atoms with Crippen molar-refractivity contribution >= 4 is 34.4 Å². The molecular weight excluding hydrogens is 424 g/mol. The van der Waals surface area contributed by atoms with Crippen LogP contribution in [0.1, 0.15) is 38.5 Å². The van der Waals surface area contributed by atoms with Gasteiger partial charge in [0.25, 0.3) is 0 Å². The van der Waals surface area contributed by atoms with E-state index in [4.69, 9.17) is 11.6 Å². The number of halogens is 1. The van der Waals surface area contributed by atoms with Crippen molar-refractivity contribution in [2.24, 2.45) is 5.92 Å². The molecule has 1 saturated carbocycles. The molecule has 5 rings (SSSR count). The third-order valence-corrected chi connectivity index (χ3v) is 6.79. The molecule has 8 heteroatoms. The molecule has 1 amide bonds. The van der Waals surface area contributed by atoms with Crippen molar-refractivity contribution in [3.63, 3.8) is 0 Å². The number of piperidine rings is 1. The van der Waals surface area contributed by atoms with Crippen LogP contribution in [-0.4, -0.2) is 46.0 Å². The molecule has 1 saturated heterocycles. The number of rotatable bonds is 5. The molecule has 0 radical (unpaired) electrons. The minimum Gasteiger partial charge on any atom is -0.367 e. The second-order valence-electron chi connectivity index (χ2n) is 8.92. The molecular formula is C24H29ClN6O. The van der Waals surface area contributed by atoms with Gasteiger partial charge < -0.3 is 20.9 Å². The highest BCUT2D eigenvalue weighted by Gasteiger charge is 2.27. The topological polar surface area (TPSA) is 94.7 Å². The summed E-state index contributed by atoms with van der Waals surface area (Å²) in [5.74, 6) is 1.05. The van der Waals surface area contributed by atoms with Gasteiger partial charge in [0.2, 0.25) is 5.91 Å². The number of nitrogens with one attached hydrogen (secondary N) is 4. The van der Waals surface area contributed by atoms with E-state index in [0.717, 1.165) is 79.6 Å². The van der Waals surface area contributed by atoms with E-state index in [1.807, 2.05) is 30.5 Å². The van der Waals surface area contributed by atoms with E-state index in [2.05, 4.69) is 30.9 Å². The predicted molar refractivity (Wildman–Crippen MR) is 128 cm³/mol. The minimum absolute atomic E-state index is 0.0971. The Hall–Kier alpha value is -2.64. The average Bonchev–Trinajstić information content (AvgIpc) is 3.24. The monoisotopic (exact) mass is 452 g/mol. The number of hydrogen-bond acceptors (Lipinski definition) is 5. The Bertz CT molecular complexity index is 1090. The molecule has 32 heavy (non-hydrogen) atoms. The number of carbonyl (C=O) groups is 1. The molecule has 0 spiro atoms. The maximum atomic E-state index is 12.6. The highest BCUT2D eigenvalue weighted by Crippen LogP contribution is 2.31. The summed E-state index contributed by atoms with van der Waals surface area (Å²) in [7, 11) is 0. The summed E-state index contributed by atoms with van der Waals surface area (Å²) in [5, 5.41) is 11.7. The van der Waals surface area contributed by atoms with Crippen LogP contribution in [0.3, 0.4) is 0 Å². The summed E-state index contributed by atoms with van der Waals surface area (Å²) >= 11 is 6.38. The number of fused-ring (bicyclic) bond motifs is 1. The first-order chi connectivity index (χ1) is 15.7. The molecule has 0 bridgehead atoms. The number of H-pyrrole nitrogens is 1. The second kappa shape index (κ2) is 9.46. The van der Waals surface area contributed by atoms with E-state index in [9.17, 15) is 4.79 Å². The lowest BCUT2D eigenvalue weighted by Crippen LogP contribution is -2.47. The number of carbonyl (C=O) groups excluding carboxylic acids is 1. The molecule has 4 heterocycles. The van der Waals surface area contributed by atoms with Gasteiger partial charge in [0.1, 0.15) is 16.6 Å². The number of aromatic nitrogens is 3. The zero-order valence-electron chi connectivity index (χ0n) is 18.0. The van der Waals surface area contributed by atoms with Crippen LogP contribution in [0, 0.1) is 5.92 Å². The van der Waals surface area contributed by atoms with E-state index < -0.39 is 0 Å². The number of pyridine rings is 2. The first-order valence-corrected chi connectivity index (χ1v) is 11.9. The van der Waals surface area contributed by atoms with Gasteiger partial charge in [-0.3, -0.25) is 4.79 Å². The fraction of sp³-hybridized carbons (Fsp3) is 0.458. The third kappa shape index (κ3) is 4.74. The molecule has 168 valence electrons. The lowest BCUT2D eigenvalue weighted by Gasteiger charge is -2.32. The Kier molecular flexibility index (Phi) is 6.28. The van der Waals surface area contributed by atoms with Gasteiger partial charge in [0, 0.05) is 42.0 Å². The summed E-state index contributed by atoms with van der Waals surface area (Å²) in [6, 6.07) is 8.35. The van der Waals surface area contributed by atoms with Gasteiger partial charge in [0.05, 0.1) is 5.92 Å². The van der Waals surface area contributed by atoms with Crippen LogP contribution in [0.5, 0.6) is 0 Å². The van der Waals surface area contributed by atoms with Crippen molar-refractivity contribution in [2.45, 2.75) is 50.6 Å². The third-order valence-electron chi connectivity index (χ3n) is 6.60. The molecule has 0 aromatic carbocycles. The number of anilines is 1. The van der Waals surface area contributed by atoms with E-state index >= 15 is 0 Å². The van der Waals surface area contributed by atoms with Crippen LogP contribution in [0.2, 0.25) is 5.15 Å². The van der Waals surface area contributed by atoms with Crippen LogP contribution in [0.15, 0.2) is 36.7 Å². The first kappa shape index (κ1) is 21.2. The average molecular weight is 453 g/mol. The van der Waals surface area contributed by atoms with E-state index in [-0.39, 0.29) is 23.9 Å². The Morgan fingerprint density at radius 2 is 2.06 bits per heavy atom. The predicted octanol–water partition coefficient (Wildman–Crippen LogP) is 4.12. The molecule has 1 aliphatic heterocycles. The zero-order chi connectivity index (χ0) is 21.9. The maximum Gasteiger partial charge on any atom is 0.224 e. The summed E-state index contributed by atoms with van der Waals surface area (Å²) in [6.45, 7) is 1.81. The minimum atomic E-state index is 0.0971. The van der Waals surface area contributed by atoms with Crippen LogP contribution >= 0.6 is 11.6 Å². The van der Waals surface area contributed by atoms with Gasteiger partial charge in [-0.05, 0) is 74.9 Å². The first-order valence-electron chi connectivity index (χ1n) is 11.5. The van der Waals surface area contributed by atoms with Crippen LogP contribution in [0.4, 0.5) is 5.82 Å². The molecule has 3 atom stereocenters. The normalized spacial score (nSPS) is 23.7. The largest absolute Gasteiger partial charge is 0.367 e. The van der Waals surface area contributed by atoms with Gasteiger partial charge in [0.15, 0.2) is 0 Å². The van der Waals surface area contributed by atoms with Gasteiger partial charge in [-0.1, -0.05) is 11.6 Å². The van der Waals surface area contributed by atoms with Crippen molar-refractivity contribution in [2.75, 3.05) is 18.4 Å². The van der Waals surface area contributed by atoms with E-state index in [1.54, 1.807) is 6.20 Å². The Morgan fingerprint density at radius 1 is 1.16 bits per heavy atom. The van der Waals surface area contributed by atoms with E-state index in [0.29, 0.717) is 5.15 Å². The standard InChI is InChI=1S/C24H29ClN6O/c25-21-10-16(20-14-28-23-19(20)7-3-9-27-23)11-22(31-21)29-17-5-1-6-18(12-17)30-24(32)15-4-2-8-26-13-15/h3,7,9-11,14-15,17-18,26H,1-2,4-6,8,12-13H2,(H,27,28)(H,29,31)(H,30,32). The fourth-order valence-electron chi connectivity index (χ4n) is 4.98. The molecule has 4 N–H and O–H groups in total. The second-order valence-corrected chi connectivity index (χ2v) is 9.31. The van der Waals surface area contributed by atoms with Crippen LogP contribution in [-0.2, 0) is 4.79 Å². The lowest BCUT2D eigenvalue weighted by atomic mass is 9.90. The summed E-state index contributed by atoms with van der Waals surface area (Å²) in [4.78, 5) is 24.8. The molecule has 2 aliphatic rings. The van der Waals surface area contributed by atoms with E-state index in [1.165, 1.54) is 0 Å². The van der Waals surface area contributed by atoms with Crippen molar-refractivity contribution in [3.8, 4) is 11.1 Å². The maximum absolute atomic E-state index is 12.6. The van der Waals surface area contributed by atoms with Crippen molar-refractivity contribution < 1.29 is 4.79 Å². The Balaban J connectivity index is 1.27. The van der Waals surface area contributed by atoms with Gasteiger partial charge in [-0.25, -0.2) is 9.97 Å². The quantitative estimate of drug-likeness (QED) is 0.437. The summed E-state index contributed by atoms with van der Waals surface area (Å²) in [6.07, 6.45) is 9.84. The molecule has 1 aliphatic carbocycles. The van der Waals surface area contributed by atoms with Gasteiger partial charge in [-0.2, -0.15) is 0 Å². The molecule has 2 fully saturated rings. The Labute approximate surface area is 192 Å². The number of nitrogens with zero attached hydrogens (tertiary/aromatic N) is 2. The van der Waals surface area contributed by atoms with Crippen molar-refractivity contribution in [1.82, 2.24) is 25.6 Å². The molecule has 3 unspecified atom stereocenters. The number of amides is 1. The Morgan fingerprint density at radius 3 is 2.94 bits per heavy atom. The molecule has 7 nitrogen and oxygen atoms in total. The lowest BCUT2D eigenvalue weighted by molar-refractivity contribution is -0.126. The molecule has 3 aromatic rings. The highest BCUT2D eigenvalue weighted by molar-refractivity contribution is 6.29. The molecule has 3 aromatic heterocycles. The number of aromatic amines is 1. The SMILES string of the molecule is O=C(NC1CCCC(Nc2cc(-c3c[nH]c4ncccc34)cc(Cl)n2)C1)C1CCCNC1. The van der Waals surface area contributed by atoms with Crippen molar-refractivity contribution in [1.29, 1.82) is 0 Å². The highest BCUT2D eigenvalue weighted by atomic mass is 35.5. The smallest absolute Gasteiger partial charge is 0.224 e. The zero-order valence-corrected chi connectivity index (χ0v) is 18.8. The van der Waals surface area contributed by atoms with Crippen LogP contribution < -0.4 is 16.0 Å². The van der Waals surface area contributed by atoms with Gasteiger partial charge >= 0.3 is 0 Å². The summed E-state index contributed by atoms with van der Waals surface area (Å²) in [5.41, 5.74) is 2.90. The fourth-order valence-corrected chi connectivity index (χ4v) is 5.19.